The van der Waals surface area contributed by atoms with E-state index in [4.69, 9.17) is 10.7 Å². The van der Waals surface area contributed by atoms with Gasteiger partial charge in [-0.1, -0.05) is 60.7 Å². The van der Waals surface area contributed by atoms with Crippen molar-refractivity contribution < 1.29 is 4.79 Å². The minimum Gasteiger partial charge on any atom is -0.399 e. The van der Waals surface area contributed by atoms with Crippen LogP contribution in [-0.4, -0.2) is 15.9 Å². The predicted octanol–water partition coefficient (Wildman–Crippen LogP) is 4.65. The Hall–Kier alpha value is -3.99. The smallest absolute Gasteiger partial charge is 0.256 e. The van der Waals surface area contributed by atoms with Crippen LogP contribution in [0.25, 0.3) is 22.5 Å². The summed E-state index contributed by atoms with van der Waals surface area (Å²) in [5.74, 6) is 0.187. The van der Waals surface area contributed by atoms with E-state index >= 15 is 0 Å². The number of anilines is 2. The van der Waals surface area contributed by atoms with Crippen LogP contribution in [0.3, 0.4) is 0 Å². The van der Waals surface area contributed by atoms with Crippen LogP contribution in [0.1, 0.15) is 10.4 Å². The molecule has 5 nitrogen and oxygen atoms in total. The number of nitrogens with one attached hydrogen (secondary N) is 1. The number of nitrogen functional groups attached to an aromatic ring is 1. The molecule has 3 aromatic carbocycles. The standard InChI is InChI=1S/C23H18N4O/c24-19-13-11-16(12-14-19)20-15-25-22(21(26-20)17-7-3-1-4-8-17)27-23(28)18-9-5-2-6-10-18/h1-15H,24H2,(H,25,27,28). The first kappa shape index (κ1) is 17.4. The van der Waals surface area contributed by atoms with Crippen molar-refractivity contribution in [2.75, 3.05) is 11.1 Å². The summed E-state index contributed by atoms with van der Waals surface area (Å²) in [5.41, 5.74) is 10.1. The second-order valence-corrected chi connectivity index (χ2v) is 6.26. The zero-order valence-corrected chi connectivity index (χ0v) is 15.0. The van der Waals surface area contributed by atoms with E-state index in [9.17, 15) is 4.79 Å². The highest BCUT2D eigenvalue weighted by Gasteiger charge is 2.14. The Bertz CT molecular complexity index is 1090. The Morgan fingerprint density at radius 1 is 0.786 bits per heavy atom. The van der Waals surface area contributed by atoms with Crippen LogP contribution in [0.4, 0.5) is 11.5 Å². The van der Waals surface area contributed by atoms with Gasteiger partial charge in [-0.15, -0.1) is 0 Å². The number of amides is 1. The van der Waals surface area contributed by atoms with Gasteiger partial charge >= 0.3 is 0 Å². The lowest BCUT2D eigenvalue weighted by Gasteiger charge is -2.12. The summed E-state index contributed by atoms with van der Waals surface area (Å²) >= 11 is 0. The molecule has 0 unspecified atom stereocenters. The Balaban J connectivity index is 1.75. The Kier molecular flexibility index (Phi) is 4.80. The summed E-state index contributed by atoms with van der Waals surface area (Å²) in [6.45, 7) is 0. The van der Waals surface area contributed by atoms with Gasteiger partial charge < -0.3 is 11.1 Å². The second kappa shape index (κ2) is 7.72. The molecular weight excluding hydrogens is 348 g/mol. The van der Waals surface area contributed by atoms with Crippen molar-refractivity contribution in [3.05, 3.63) is 96.7 Å². The number of rotatable bonds is 4. The van der Waals surface area contributed by atoms with E-state index in [1.807, 2.05) is 72.8 Å². The molecule has 0 spiro atoms. The Morgan fingerprint density at radius 2 is 1.43 bits per heavy atom. The average Bonchev–Trinajstić information content (AvgIpc) is 2.76. The fourth-order valence-electron chi connectivity index (χ4n) is 2.84. The maximum atomic E-state index is 12.6. The number of nitrogens with zero attached hydrogens (tertiary/aromatic N) is 2. The summed E-state index contributed by atoms with van der Waals surface area (Å²) in [7, 11) is 0. The van der Waals surface area contributed by atoms with Crippen LogP contribution in [0, 0.1) is 0 Å². The number of carbonyl (C=O) groups is 1. The molecule has 0 saturated heterocycles. The molecule has 4 rings (SSSR count). The first-order chi connectivity index (χ1) is 13.7. The molecule has 136 valence electrons. The molecule has 0 aliphatic rings. The van der Waals surface area contributed by atoms with Gasteiger partial charge in [-0.25, -0.2) is 9.97 Å². The number of aromatic nitrogens is 2. The summed E-state index contributed by atoms with van der Waals surface area (Å²) < 4.78 is 0. The van der Waals surface area contributed by atoms with Crippen molar-refractivity contribution >= 4 is 17.4 Å². The highest BCUT2D eigenvalue weighted by atomic mass is 16.1. The zero-order valence-electron chi connectivity index (χ0n) is 15.0. The van der Waals surface area contributed by atoms with Crippen LogP contribution < -0.4 is 11.1 Å². The van der Waals surface area contributed by atoms with Crippen LogP contribution in [0.5, 0.6) is 0 Å². The fourth-order valence-corrected chi connectivity index (χ4v) is 2.84. The van der Waals surface area contributed by atoms with Crippen molar-refractivity contribution in [2.24, 2.45) is 0 Å². The number of hydrogen-bond acceptors (Lipinski definition) is 4. The van der Waals surface area contributed by atoms with Gasteiger partial charge in [0.2, 0.25) is 0 Å². The van der Waals surface area contributed by atoms with Crippen molar-refractivity contribution in [1.29, 1.82) is 0 Å². The average molecular weight is 366 g/mol. The van der Waals surface area contributed by atoms with Crippen molar-refractivity contribution in [3.63, 3.8) is 0 Å². The molecule has 0 bridgehead atoms. The monoisotopic (exact) mass is 366 g/mol. The highest BCUT2D eigenvalue weighted by Crippen LogP contribution is 2.28. The van der Waals surface area contributed by atoms with Gasteiger partial charge in [0.25, 0.3) is 5.91 Å². The summed E-state index contributed by atoms with van der Waals surface area (Å²) in [4.78, 5) is 21.9. The third-order valence-corrected chi connectivity index (χ3v) is 4.29. The van der Waals surface area contributed by atoms with E-state index in [0.29, 0.717) is 28.5 Å². The molecule has 28 heavy (non-hydrogen) atoms. The minimum absolute atomic E-state index is 0.229. The molecule has 0 fully saturated rings. The van der Waals surface area contributed by atoms with Crippen molar-refractivity contribution in [1.82, 2.24) is 9.97 Å². The quantitative estimate of drug-likeness (QED) is 0.515. The fraction of sp³-hybridized carbons (Fsp3) is 0. The van der Waals surface area contributed by atoms with Gasteiger partial charge in [-0.3, -0.25) is 4.79 Å². The molecule has 1 amide bonds. The lowest BCUT2D eigenvalue weighted by Crippen LogP contribution is -2.14. The van der Waals surface area contributed by atoms with Gasteiger partial charge in [0, 0.05) is 22.4 Å². The summed E-state index contributed by atoms with van der Waals surface area (Å²) in [5, 5.41) is 2.88. The molecule has 0 atom stereocenters. The minimum atomic E-state index is -0.229. The lowest BCUT2D eigenvalue weighted by molar-refractivity contribution is 0.102. The van der Waals surface area contributed by atoms with E-state index in [1.54, 1.807) is 18.3 Å². The van der Waals surface area contributed by atoms with Gasteiger partial charge in [-0.2, -0.15) is 0 Å². The summed E-state index contributed by atoms with van der Waals surface area (Å²) in [6, 6.07) is 26.1. The Morgan fingerprint density at radius 3 is 2.11 bits per heavy atom. The van der Waals surface area contributed by atoms with E-state index in [-0.39, 0.29) is 5.91 Å². The van der Waals surface area contributed by atoms with Crippen LogP contribution >= 0.6 is 0 Å². The highest BCUT2D eigenvalue weighted by molar-refractivity contribution is 6.05. The van der Waals surface area contributed by atoms with Gasteiger partial charge in [-0.05, 0) is 24.3 Å². The van der Waals surface area contributed by atoms with Gasteiger partial charge in [0.1, 0.15) is 5.69 Å². The first-order valence-electron chi connectivity index (χ1n) is 8.85. The number of benzene rings is 3. The van der Waals surface area contributed by atoms with E-state index < -0.39 is 0 Å². The van der Waals surface area contributed by atoms with E-state index in [0.717, 1.165) is 11.1 Å². The van der Waals surface area contributed by atoms with E-state index in [1.165, 1.54) is 0 Å². The molecule has 0 radical (unpaired) electrons. The first-order valence-corrected chi connectivity index (χ1v) is 8.85. The maximum absolute atomic E-state index is 12.6. The molecule has 0 aliphatic carbocycles. The topological polar surface area (TPSA) is 80.9 Å². The van der Waals surface area contributed by atoms with E-state index in [2.05, 4.69) is 10.3 Å². The number of carbonyl (C=O) groups excluding carboxylic acids is 1. The normalized spacial score (nSPS) is 10.4. The lowest BCUT2D eigenvalue weighted by atomic mass is 10.1. The van der Waals surface area contributed by atoms with Crippen molar-refractivity contribution in [3.8, 4) is 22.5 Å². The third-order valence-electron chi connectivity index (χ3n) is 4.29. The third kappa shape index (κ3) is 3.73. The van der Waals surface area contributed by atoms with Gasteiger partial charge in [0.05, 0.1) is 11.9 Å². The predicted molar refractivity (Wildman–Crippen MR) is 112 cm³/mol. The molecular formula is C23H18N4O. The van der Waals surface area contributed by atoms with Crippen LogP contribution in [0.15, 0.2) is 91.1 Å². The molecule has 0 saturated carbocycles. The van der Waals surface area contributed by atoms with Gasteiger partial charge in [0.15, 0.2) is 5.82 Å². The molecule has 4 aromatic rings. The number of hydrogen-bond donors (Lipinski definition) is 2. The molecule has 1 aromatic heterocycles. The molecule has 3 N–H and O–H groups in total. The van der Waals surface area contributed by atoms with Crippen LogP contribution in [-0.2, 0) is 0 Å². The Labute approximate surface area is 162 Å². The maximum Gasteiger partial charge on any atom is 0.256 e. The SMILES string of the molecule is Nc1ccc(-c2cnc(NC(=O)c3ccccc3)c(-c3ccccc3)n2)cc1. The second-order valence-electron chi connectivity index (χ2n) is 6.26. The van der Waals surface area contributed by atoms with Crippen molar-refractivity contribution in [2.45, 2.75) is 0 Å². The zero-order chi connectivity index (χ0) is 19.3. The molecule has 1 heterocycles. The molecule has 0 aliphatic heterocycles. The largest absolute Gasteiger partial charge is 0.399 e. The number of nitrogens with two attached hydrogens (primary N) is 1. The molecule has 5 heteroatoms. The van der Waals surface area contributed by atoms with Crippen LogP contribution in [0.2, 0.25) is 0 Å². The summed E-state index contributed by atoms with van der Waals surface area (Å²) in [6.07, 6.45) is 1.65.